The van der Waals surface area contributed by atoms with Crippen LogP contribution in [-0.2, 0) is 32.4 Å². The second-order valence-electron chi connectivity index (χ2n) is 13.5. The first kappa shape index (κ1) is 34.3. The summed E-state index contributed by atoms with van der Waals surface area (Å²) in [5, 5.41) is 0.467. The summed E-state index contributed by atoms with van der Waals surface area (Å²) >= 11 is 12.3. The molecule has 3 aromatic rings. The van der Waals surface area contributed by atoms with E-state index < -0.39 is 16.1 Å². The van der Waals surface area contributed by atoms with Gasteiger partial charge in [-0.05, 0) is 112 Å². The molecule has 1 saturated heterocycles. The molecule has 1 atom stereocenters. The lowest BCUT2D eigenvalue weighted by molar-refractivity contribution is -0.135. The molecule has 2 aliphatic heterocycles. The number of sulfonamides is 1. The largest absolute Gasteiger partial charge is 0.369 e. The lowest BCUT2D eigenvalue weighted by atomic mass is 9.72. The number of hydrogen-bond donors (Lipinski definition) is 0. The van der Waals surface area contributed by atoms with E-state index in [1.807, 2.05) is 31.3 Å². The SMILES string of the molecule is CN(CC1CCC(Cc2ccccc2)(N2CCCC2)CC1)C(=O)COCC1CCc2ccccc2N1S(=O)(=O)c1ccc(Cl)c(Cl)c1. The zero-order valence-corrected chi connectivity index (χ0v) is 29.4. The van der Waals surface area contributed by atoms with Gasteiger partial charge in [-0.3, -0.25) is 14.0 Å². The van der Waals surface area contributed by atoms with Crippen LogP contribution < -0.4 is 4.31 Å². The van der Waals surface area contributed by atoms with Crippen LogP contribution in [0.3, 0.4) is 0 Å². The number of hydrogen-bond acceptors (Lipinski definition) is 5. The highest BCUT2D eigenvalue weighted by atomic mass is 35.5. The zero-order chi connectivity index (χ0) is 33.0. The number of amides is 1. The first-order valence-corrected chi connectivity index (χ1v) is 19.0. The fraction of sp³-hybridized carbons (Fsp3) is 0.486. The number of fused-ring (bicyclic) bond motifs is 1. The Morgan fingerprint density at radius 2 is 1.64 bits per heavy atom. The number of likely N-dealkylation sites (N-methyl/N-ethyl adjacent to an activating group) is 1. The molecule has 2 fully saturated rings. The standard InChI is InChI=1S/C37H45Cl2N3O4S/c1-40(25-29-17-19-37(20-18-29,41-21-7-8-22-41)24-28-9-3-2-4-10-28)36(43)27-46-26-31-14-13-30-11-5-6-12-35(30)42(31)47(44,45)32-15-16-33(38)34(39)23-32/h2-6,9-12,15-16,23,29,31H,7-8,13-14,17-22,24-27H2,1H3. The summed E-state index contributed by atoms with van der Waals surface area (Å²) in [6, 6.07) is 22.3. The van der Waals surface area contributed by atoms with E-state index in [4.69, 9.17) is 27.9 Å². The van der Waals surface area contributed by atoms with Crippen molar-refractivity contribution in [1.29, 1.82) is 0 Å². The molecule has 1 amide bonds. The molecule has 3 aromatic carbocycles. The molecular formula is C37H45Cl2N3O4S. The highest BCUT2D eigenvalue weighted by Gasteiger charge is 2.42. The Balaban J connectivity index is 1.05. The van der Waals surface area contributed by atoms with Crippen LogP contribution in [0.5, 0.6) is 0 Å². The van der Waals surface area contributed by atoms with Crippen molar-refractivity contribution < 1.29 is 17.9 Å². The number of nitrogens with zero attached hydrogens (tertiary/aromatic N) is 3. The Hall–Kier alpha value is -2.62. The number of likely N-dealkylation sites (tertiary alicyclic amines) is 1. The van der Waals surface area contributed by atoms with Crippen molar-refractivity contribution in [3.8, 4) is 0 Å². The van der Waals surface area contributed by atoms with Crippen molar-refractivity contribution in [1.82, 2.24) is 9.80 Å². The van der Waals surface area contributed by atoms with Gasteiger partial charge < -0.3 is 9.64 Å². The second-order valence-corrected chi connectivity index (χ2v) is 16.1. The Labute approximate surface area is 289 Å². The van der Waals surface area contributed by atoms with Gasteiger partial charge in [0.2, 0.25) is 5.91 Å². The molecule has 1 aliphatic carbocycles. The van der Waals surface area contributed by atoms with E-state index in [0.29, 0.717) is 29.6 Å². The van der Waals surface area contributed by atoms with Gasteiger partial charge in [0.05, 0.1) is 33.3 Å². The summed E-state index contributed by atoms with van der Waals surface area (Å²) in [5.41, 5.74) is 3.19. The number of carbonyl (C=O) groups is 1. The van der Waals surface area contributed by atoms with Crippen LogP contribution in [0.25, 0.3) is 0 Å². The van der Waals surface area contributed by atoms with Gasteiger partial charge in [-0.1, -0.05) is 71.7 Å². The Bertz CT molecular complexity index is 1640. The van der Waals surface area contributed by atoms with Gasteiger partial charge >= 0.3 is 0 Å². The van der Waals surface area contributed by atoms with Gasteiger partial charge in [-0.25, -0.2) is 8.42 Å². The van der Waals surface area contributed by atoms with Crippen molar-refractivity contribution in [2.75, 3.05) is 44.2 Å². The van der Waals surface area contributed by atoms with Crippen molar-refractivity contribution >= 4 is 44.8 Å². The van der Waals surface area contributed by atoms with E-state index in [2.05, 4.69) is 35.2 Å². The molecule has 2 heterocycles. The third kappa shape index (κ3) is 7.67. The normalized spacial score (nSPS) is 23.4. The summed E-state index contributed by atoms with van der Waals surface area (Å²) in [6.45, 7) is 3.10. The first-order chi connectivity index (χ1) is 22.7. The number of para-hydroxylation sites is 1. The molecule has 47 heavy (non-hydrogen) atoms. The molecule has 0 spiro atoms. The minimum atomic E-state index is -3.97. The first-order valence-electron chi connectivity index (χ1n) is 16.8. The predicted octanol–water partition coefficient (Wildman–Crippen LogP) is 7.25. The lowest BCUT2D eigenvalue weighted by Crippen LogP contribution is -2.52. The summed E-state index contributed by atoms with van der Waals surface area (Å²) in [4.78, 5) is 17.8. The number of rotatable bonds is 11. The molecule has 10 heteroatoms. The van der Waals surface area contributed by atoms with Gasteiger partial charge in [0.1, 0.15) is 6.61 Å². The Kier molecular flexibility index (Phi) is 10.8. The minimum absolute atomic E-state index is 0.0643. The number of halogens is 2. The number of aryl methyl sites for hydroxylation is 1. The maximum atomic E-state index is 14.0. The van der Waals surface area contributed by atoms with Gasteiger partial charge in [-0.15, -0.1) is 0 Å². The summed E-state index contributed by atoms with van der Waals surface area (Å²) in [7, 11) is -2.12. The third-order valence-electron chi connectivity index (χ3n) is 10.4. The van der Waals surface area contributed by atoms with E-state index >= 15 is 0 Å². The van der Waals surface area contributed by atoms with Gasteiger partial charge in [0.25, 0.3) is 10.0 Å². The maximum Gasteiger partial charge on any atom is 0.264 e. The van der Waals surface area contributed by atoms with Gasteiger partial charge in [-0.2, -0.15) is 0 Å². The highest BCUT2D eigenvalue weighted by Crippen LogP contribution is 2.41. The van der Waals surface area contributed by atoms with Crippen molar-refractivity contribution in [2.24, 2.45) is 5.92 Å². The number of anilines is 1. The second kappa shape index (κ2) is 14.9. The van der Waals surface area contributed by atoms with Crippen LogP contribution in [0, 0.1) is 5.92 Å². The average molecular weight is 699 g/mol. The summed E-state index contributed by atoms with van der Waals surface area (Å²) in [5.74, 6) is 0.373. The molecule has 0 aromatic heterocycles. The van der Waals surface area contributed by atoms with Crippen LogP contribution in [0.1, 0.15) is 56.1 Å². The smallest absolute Gasteiger partial charge is 0.264 e. The molecular weight excluding hydrogens is 653 g/mol. The van der Waals surface area contributed by atoms with E-state index in [-0.39, 0.29) is 34.6 Å². The van der Waals surface area contributed by atoms with Crippen LogP contribution in [0.4, 0.5) is 5.69 Å². The molecule has 0 N–H and O–H groups in total. The van der Waals surface area contributed by atoms with Crippen LogP contribution in [0.2, 0.25) is 10.0 Å². The molecule has 1 saturated carbocycles. The zero-order valence-electron chi connectivity index (χ0n) is 27.1. The molecule has 0 bridgehead atoms. The molecule has 0 radical (unpaired) electrons. The third-order valence-corrected chi connectivity index (χ3v) is 13.0. The maximum absolute atomic E-state index is 14.0. The Morgan fingerprint density at radius 1 is 0.936 bits per heavy atom. The molecule has 1 unspecified atom stereocenters. The molecule has 3 aliphatic rings. The molecule has 6 rings (SSSR count). The molecule has 252 valence electrons. The van der Waals surface area contributed by atoms with E-state index in [9.17, 15) is 13.2 Å². The topological polar surface area (TPSA) is 70.2 Å². The van der Waals surface area contributed by atoms with E-state index in [1.54, 1.807) is 4.90 Å². The summed E-state index contributed by atoms with van der Waals surface area (Å²) in [6.07, 6.45) is 9.45. The van der Waals surface area contributed by atoms with Crippen LogP contribution in [0.15, 0.2) is 77.7 Å². The highest BCUT2D eigenvalue weighted by molar-refractivity contribution is 7.92. The Morgan fingerprint density at radius 3 is 2.36 bits per heavy atom. The van der Waals surface area contributed by atoms with Crippen molar-refractivity contribution in [2.45, 2.75) is 74.3 Å². The monoisotopic (exact) mass is 697 g/mol. The van der Waals surface area contributed by atoms with Gasteiger partial charge in [0.15, 0.2) is 0 Å². The lowest BCUT2D eigenvalue weighted by Gasteiger charge is -2.47. The average Bonchev–Trinajstić information content (AvgIpc) is 3.63. The number of benzene rings is 3. The van der Waals surface area contributed by atoms with Crippen molar-refractivity contribution in [3.63, 3.8) is 0 Å². The minimum Gasteiger partial charge on any atom is -0.369 e. The fourth-order valence-electron chi connectivity index (χ4n) is 7.85. The van der Waals surface area contributed by atoms with E-state index in [1.165, 1.54) is 54.0 Å². The fourth-order valence-corrected chi connectivity index (χ4v) is 9.94. The summed E-state index contributed by atoms with van der Waals surface area (Å²) < 4.78 is 35.4. The van der Waals surface area contributed by atoms with Crippen LogP contribution >= 0.6 is 23.2 Å². The predicted molar refractivity (Wildman–Crippen MR) is 189 cm³/mol. The van der Waals surface area contributed by atoms with Crippen molar-refractivity contribution in [3.05, 3.63) is 94.0 Å². The molecule has 7 nitrogen and oxygen atoms in total. The number of ether oxygens (including phenoxy) is 1. The van der Waals surface area contributed by atoms with Gasteiger partial charge in [0, 0.05) is 19.1 Å². The number of carbonyl (C=O) groups excluding carboxylic acids is 1. The van der Waals surface area contributed by atoms with E-state index in [0.717, 1.165) is 44.1 Å². The van der Waals surface area contributed by atoms with Crippen LogP contribution in [-0.4, -0.2) is 75.6 Å². The quantitative estimate of drug-likeness (QED) is 0.211.